The summed E-state index contributed by atoms with van der Waals surface area (Å²) in [5.74, 6) is -1.22. The van der Waals surface area contributed by atoms with Crippen LogP contribution in [0.4, 0.5) is 0 Å². The summed E-state index contributed by atoms with van der Waals surface area (Å²) in [7, 11) is 1.75. The Morgan fingerprint density at radius 2 is 2.08 bits per heavy atom. The third kappa shape index (κ3) is 6.10. The average molecular weight is 188 g/mol. The van der Waals surface area contributed by atoms with Crippen LogP contribution in [0.1, 0.15) is 19.8 Å². The van der Waals surface area contributed by atoms with E-state index in [1.165, 1.54) is 0 Å². The lowest BCUT2D eigenvalue weighted by Crippen LogP contribution is -2.37. The number of likely N-dealkylation sites (N-methyl/N-ethyl adjacent to an activating group) is 1. The molecule has 0 rings (SSSR count). The Hall–Kier alpha value is -1.10. The van der Waals surface area contributed by atoms with Crippen molar-refractivity contribution in [2.24, 2.45) is 5.73 Å². The third-order valence-corrected chi connectivity index (χ3v) is 1.93. The van der Waals surface area contributed by atoms with Crippen LogP contribution in [0.5, 0.6) is 0 Å². The number of nitrogens with zero attached hydrogens (tertiary/aromatic N) is 1. The minimum absolute atomic E-state index is 0.0589. The van der Waals surface area contributed by atoms with E-state index in [1.54, 1.807) is 11.9 Å². The van der Waals surface area contributed by atoms with Crippen molar-refractivity contribution >= 4 is 11.9 Å². The summed E-state index contributed by atoms with van der Waals surface area (Å²) in [6, 6.07) is 0.0589. The topological polar surface area (TPSA) is 83.6 Å². The van der Waals surface area contributed by atoms with Gasteiger partial charge in [0.2, 0.25) is 5.91 Å². The molecule has 0 aromatic carbocycles. The molecule has 1 atom stereocenters. The highest BCUT2D eigenvalue weighted by Gasteiger charge is 2.12. The van der Waals surface area contributed by atoms with E-state index in [-0.39, 0.29) is 19.0 Å². The minimum atomic E-state index is -0.820. The van der Waals surface area contributed by atoms with Gasteiger partial charge in [0.15, 0.2) is 0 Å². The molecule has 1 amide bonds. The van der Waals surface area contributed by atoms with E-state index >= 15 is 0 Å². The van der Waals surface area contributed by atoms with Gasteiger partial charge in [-0.2, -0.15) is 0 Å². The zero-order valence-corrected chi connectivity index (χ0v) is 7.99. The Morgan fingerprint density at radius 1 is 1.54 bits per heavy atom. The summed E-state index contributed by atoms with van der Waals surface area (Å²) in [6.45, 7) is 2.03. The van der Waals surface area contributed by atoms with Gasteiger partial charge in [-0.05, 0) is 20.4 Å². The molecule has 0 aliphatic rings. The van der Waals surface area contributed by atoms with Crippen molar-refractivity contribution in [3.8, 4) is 0 Å². The molecule has 0 aliphatic heterocycles. The Morgan fingerprint density at radius 3 is 2.46 bits per heavy atom. The monoisotopic (exact) mass is 188 g/mol. The number of carbonyl (C=O) groups is 2. The van der Waals surface area contributed by atoms with Crippen molar-refractivity contribution in [2.45, 2.75) is 25.8 Å². The molecule has 0 saturated heterocycles. The van der Waals surface area contributed by atoms with Crippen LogP contribution in [-0.2, 0) is 9.59 Å². The summed E-state index contributed by atoms with van der Waals surface area (Å²) in [5, 5.41) is 8.42. The van der Waals surface area contributed by atoms with E-state index in [1.807, 2.05) is 6.92 Å². The average Bonchev–Trinajstić information content (AvgIpc) is 1.98. The molecule has 1 unspecified atom stereocenters. The first-order valence-electron chi connectivity index (χ1n) is 4.13. The van der Waals surface area contributed by atoms with Gasteiger partial charge >= 0.3 is 5.97 Å². The Labute approximate surface area is 77.5 Å². The summed E-state index contributed by atoms with van der Waals surface area (Å²) >= 11 is 0. The number of hydrogen-bond donors (Lipinski definition) is 2. The maximum Gasteiger partial charge on any atom is 0.303 e. The van der Waals surface area contributed by atoms with Gasteiger partial charge in [-0.1, -0.05) is 0 Å². The van der Waals surface area contributed by atoms with Crippen LogP contribution in [0.25, 0.3) is 0 Å². The lowest BCUT2D eigenvalue weighted by Gasteiger charge is -2.22. The van der Waals surface area contributed by atoms with Gasteiger partial charge < -0.3 is 10.8 Å². The number of carbonyl (C=O) groups excluding carboxylic acids is 1. The Balaban J connectivity index is 3.75. The number of primary amides is 1. The van der Waals surface area contributed by atoms with Crippen LogP contribution < -0.4 is 5.73 Å². The maximum absolute atomic E-state index is 10.5. The molecule has 0 fully saturated rings. The molecule has 5 heteroatoms. The molecular formula is C8H16N2O3. The van der Waals surface area contributed by atoms with Crippen LogP contribution in [-0.4, -0.2) is 41.5 Å². The molecule has 0 radical (unpaired) electrons. The molecule has 0 heterocycles. The maximum atomic E-state index is 10.5. The quantitative estimate of drug-likeness (QED) is 0.597. The predicted molar refractivity (Wildman–Crippen MR) is 48.2 cm³/mol. The normalized spacial score (nSPS) is 12.8. The van der Waals surface area contributed by atoms with E-state index in [9.17, 15) is 9.59 Å². The number of nitrogens with two attached hydrogens (primary N) is 1. The fraction of sp³-hybridized carbons (Fsp3) is 0.750. The van der Waals surface area contributed by atoms with Gasteiger partial charge in [0.25, 0.3) is 0 Å². The molecule has 5 nitrogen and oxygen atoms in total. The van der Waals surface area contributed by atoms with Gasteiger partial charge in [-0.25, -0.2) is 0 Å². The standard InChI is InChI=1S/C8H16N2O3/c1-6(3-4-8(12)13)10(2)5-7(9)11/h6H,3-5H2,1-2H3,(H2,9,11)(H,12,13). The second kappa shape index (κ2) is 5.53. The first-order valence-corrected chi connectivity index (χ1v) is 4.13. The SMILES string of the molecule is CC(CCC(=O)O)N(C)CC(N)=O. The highest BCUT2D eigenvalue weighted by molar-refractivity contribution is 5.75. The first-order chi connectivity index (χ1) is 5.93. The van der Waals surface area contributed by atoms with Crippen LogP contribution >= 0.6 is 0 Å². The van der Waals surface area contributed by atoms with Crippen LogP contribution in [0, 0.1) is 0 Å². The minimum Gasteiger partial charge on any atom is -0.481 e. The lowest BCUT2D eigenvalue weighted by molar-refractivity contribution is -0.137. The van der Waals surface area contributed by atoms with Crippen molar-refractivity contribution in [1.82, 2.24) is 4.90 Å². The van der Waals surface area contributed by atoms with Crippen LogP contribution in [0.2, 0.25) is 0 Å². The van der Waals surface area contributed by atoms with Crippen LogP contribution in [0.15, 0.2) is 0 Å². The van der Waals surface area contributed by atoms with Crippen molar-refractivity contribution in [3.05, 3.63) is 0 Å². The number of hydrogen-bond acceptors (Lipinski definition) is 3. The fourth-order valence-corrected chi connectivity index (χ4v) is 0.954. The molecule has 0 aromatic heterocycles. The Kier molecular flexibility index (Phi) is 5.06. The zero-order valence-electron chi connectivity index (χ0n) is 7.99. The smallest absolute Gasteiger partial charge is 0.303 e. The van der Waals surface area contributed by atoms with Crippen molar-refractivity contribution in [3.63, 3.8) is 0 Å². The first kappa shape index (κ1) is 11.9. The summed E-state index contributed by atoms with van der Waals surface area (Å²) in [4.78, 5) is 22.5. The summed E-state index contributed by atoms with van der Waals surface area (Å²) < 4.78 is 0. The number of carboxylic acid groups (broad SMARTS) is 1. The van der Waals surface area contributed by atoms with E-state index in [4.69, 9.17) is 10.8 Å². The summed E-state index contributed by atoms with van der Waals surface area (Å²) in [5.41, 5.74) is 4.99. The highest BCUT2D eigenvalue weighted by Crippen LogP contribution is 2.03. The van der Waals surface area contributed by atoms with Crippen LogP contribution in [0.3, 0.4) is 0 Å². The fourth-order valence-electron chi connectivity index (χ4n) is 0.954. The van der Waals surface area contributed by atoms with E-state index < -0.39 is 11.9 Å². The van der Waals surface area contributed by atoms with Gasteiger partial charge in [0.1, 0.15) is 0 Å². The molecule has 0 aliphatic carbocycles. The van der Waals surface area contributed by atoms with Crippen molar-refractivity contribution in [2.75, 3.05) is 13.6 Å². The lowest BCUT2D eigenvalue weighted by atomic mass is 10.1. The molecule has 13 heavy (non-hydrogen) atoms. The molecule has 0 bridgehead atoms. The van der Waals surface area contributed by atoms with Gasteiger partial charge in [0, 0.05) is 12.5 Å². The molecule has 76 valence electrons. The summed E-state index contributed by atoms with van der Waals surface area (Å²) in [6.07, 6.45) is 0.642. The molecule has 0 spiro atoms. The molecule has 0 aromatic rings. The molecular weight excluding hydrogens is 172 g/mol. The van der Waals surface area contributed by atoms with Gasteiger partial charge in [-0.15, -0.1) is 0 Å². The van der Waals surface area contributed by atoms with Crippen molar-refractivity contribution in [1.29, 1.82) is 0 Å². The van der Waals surface area contributed by atoms with Gasteiger partial charge in [0.05, 0.1) is 6.54 Å². The van der Waals surface area contributed by atoms with E-state index in [0.29, 0.717) is 6.42 Å². The number of carboxylic acids is 1. The third-order valence-electron chi connectivity index (χ3n) is 1.93. The largest absolute Gasteiger partial charge is 0.481 e. The number of aliphatic carboxylic acids is 1. The molecule has 3 N–H and O–H groups in total. The second-order valence-electron chi connectivity index (χ2n) is 3.16. The van der Waals surface area contributed by atoms with Crippen molar-refractivity contribution < 1.29 is 14.7 Å². The molecule has 0 saturated carbocycles. The number of rotatable bonds is 6. The predicted octanol–water partition coefficient (Wildman–Crippen LogP) is -0.343. The zero-order chi connectivity index (χ0) is 10.4. The highest BCUT2D eigenvalue weighted by atomic mass is 16.4. The van der Waals surface area contributed by atoms with E-state index in [0.717, 1.165) is 0 Å². The Bertz CT molecular complexity index is 194. The van der Waals surface area contributed by atoms with Gasteiger partial charge in [-0.3, -0.25) is 14.5 Å². The second-order valence-corrected chi connectivity index (χ2v) is 3.16. The van der Waals surface area contributed by atoms with E-state index in [2.05, 4.69) is 0 Å². The number of amides is 1.